The first-order chi connectivity index (χ1) is 8.00. The van der Waals surface area contributed by atoms with Crippen LogP contribution < -0.4 is 0 Å². The summed E-state index contributed by atoms with van der Waals surface area (Å²) in [6, 6.07) is 11.8. The molecular weight excluding hydrogens is 234 g/mol. The summed E-state index contributed by atoms with van der Waals surface area (Å²) in [5.74, 6) is 0. The Morgan fingerprint density at radius 3 is 2.18 bits per heavy atom. The molecule has 88 valence electrons. The van der Waals surface area contributed by atoms with Gasteiger partial charge in [-0.3, -0.25) is 0 Å². The lowest BCUT2D eigenvalue weighted by molar-refractivity contribution is 0.592. The summed E-state index contributed by atoms with van der Waals surface area (Å²) < 4.78 is 24.5. The highest BCUT2D eigenvalue weighted by Crippen LogP contribution is 2.19. The number of benzene rings is 1. The molecular formula is C13H13NO2S. The highest BCUT2D eigenvalue weighted by molar-refractivity contribution is 7.91. The maximum absolute atomic E-state index is 12.2. The molecule has 0 unspecified atom stereocenters. The van der Waals surface area contributed by atoms with Crippen LogP contribution in [0, 0.1) is 13.8 Å². The maximum Gasteiger partial charge on any atom is 0.223 e. The predicted molar refractivity (Wildman–Crippen MR) is 65.6 cm³/mol. The van der Waals surface area contributed by atoms with Gasteiger partial charge in [0.05, 0.1) is 4.90 Å². The Morgan fingerprint density at radius 2 is 1.59 bits per heavy atom. The van der Waals surface area contributed by atoms with Gasteiger partial charge in [0.1, 0.15) is 0 Å². The van der Waals surface area contributed by atoms with Gasteiger partial charge in [-0.25, -0.2) is 13.4 Å². The number of aromatic nitrogens is 1. The van der Waals surface area contributed by atoms with Crippen molar-refractivity contribution in [3.63, 3.8) is 0 Å². The third kappa shape index (κ3) is 2.36. The van der Waals surface area contributed by atoms with Crippen molar-refractivity contribution in [2.24, 2.45) is 0 Å². The van der Waals surface area contributed by atoms with E-state index in [2.05, 4.69) is 4.98 Å². The minimum absolute atomic E-state index is 0.0985. The third-order valence-electron chi connectivity index (χ3n) is 2.47. The average molecular weight is 247 g/mol. The lowest BCUT2D eigenvalue weighted by atomic mass is 10.2. The van der Waals surface area contributed by atoms with Crippen LogP contribution in [-0.4, -0.2) is 13.4 Å². The second-order valence-electron chi connectivity index (χ2n) is 3.93. The van der Waals surface area contributed by atoms with Crippen molar-refractivity contribution >= 4 is 9.84 Å². The second kappa shape index (κ2) is 4.30. The molecule has 1 aromatic heterocycles. The summed E-state index contributed by atoms with van der Waals surface area (Å²) in [5, 5.41) is 0.0985. The van der Waals surface area contributed by atoms with Gasteiger partial charge in [-0.2, -0.15) is 0 Å². The van der Waals surface area contributed by atoms with Gasteiger partial charge in [0.15, 0.2) is 5.03 Å². The standard InChI is InChI=1S/C13H13NO2S/c1-10-6-8-12(9-7-10)17(15,16)13-5-3-4-11(2)14-13/h3-9H,1-2H3. The van der Waals surface area contributed by atoms with Gasteiger partial charge >= 0.3 is 0 Å². The van der Waals surface area contributed by atoms with Gasteiger partial charge in [0.25, 0.3) is 0 Å². The Kier molecular flexibility index (Phi) is 2.98. The minimum atomic E-state index is -3.49. The molecule has 0 atom stereocenters. The SMILES string of the molecule is Cc1ccc(S(=O)(=O)c2cccc(C)n2)cc1. The Hall–Kier alpha value is -1.68. The molecule has 2 rings (SSSR count). The van der Waals surface area contributed by atoms with Gasteiger partial charge in [0, 0.05) is 5.69 Å². The summed E-state index contributed by atoms with van der Waals surface area (Å²) in [7, 11) is -3.49. The molecule has 4 heteroatoms. The number of rotatable bonds is 2. The fourth-order valence-electron chi connectivity index (χ4n) is 1.51. The first-order valence-corrected chi connectivity index (χ1v) is 6.74. The van der Waals surface area contributed by atoms with Gasteiger partial charge in [0.2, 0.25) is 9.84 Å². The zero-order valence-corrected chi connectivity index (χ0v) is 10.5. The molecule has 2 aromatic rings. The normalized spacial score (nSPS) is 11.4. The molecule has 1 aromatic carbocycles. The van der Waals surface area contributed by atoms with E-state index >= 15 is 0 Å². The quantitative estimate of drug-likeness (QED) is 0.819. The van der Waals surface area contributed by atoms with Crippen molar-refractivity contribution in [1.29, 1.82) is 0 Å². The van der Waals surface area contributed by atoms with E-state index in [0.29, 0.717) is 5.69 Å². The molecule has 0 N–H and O–H groups in total. The van der Waals surface area contributed by atoms with E-state index in [4.69, 9.17) is 0 Å². The van der Waals surface area contributed by atoms with Crippen LogP contribution in [0.25, 0.3) is 0 Å². The molecule has 0 bridgehead atoms. The van der Waals surface area contributed by atoms with Crippen LogP contribution in [0.2, 0.25) is 0 Å². The number of sulfone groups is 1. The van der Waals surface area contributed by atoms with Crippen LogP contribution in [0.3, 0.4) is 0 Å². The first kappa shape index (κ1) is 11.8. The van der Waals surface area contributed by atoms with E-state index in [9.17, 15) is 8.42 Å². The molecule has 0 fully saturated rings. The number of nitrogens with zero attached hydrogens (tertiary/aromatic N) is 1. The monoisotopic (exact) mass is 247 g/mol. The van der Waals surface area contributed by atoms with E-state index in [0.717, 1.165) is 5.56 Å². The Balaban J connectivity index is 2.54. The third-order valence-corrected chi connectivity index (χ3v) is 4.14. The Morgan fingerprint density at radius 1 is 0.941 bits per heavy atom. The molecule has 0 amide bonds. The number of hydrogen-bond acceptors (Lipinski definition) is 3. The highest BCUT2D eigenvalue weighted by Gasteiger charge is 2.18. The van der Waals surface area contributed by atoms with Crippen LogP contribution in [0.4, 0.5) is 0 Å². The van der Waals surface area contributed by atoms with Gasteiger partial charge in [-0.05, 0) is 38.1 Å². The molecule has 0 spiro atoms. The zero-order chi connectivity index (χ0) is 12.5. The van der Waals surface area contributed by atoms with Crippen molar-refractivity contribution in [2.45, 2.75) is 23.8 Å². The van der Waals surface area contributed by atoms with E-state index < -0.39 is 9.84 Å². The van der Waals surface area contributed by atoms with Crippen molar-refractivity contribution in [2.75, 3.05) is 0 Å². The van der Waals surface area contributed by atoms with Gasteiger partial charge < -0.3 is 0 Å². The summed E-state index contributed by atoms with van der Waals surface area (Å²) in [6.45, 7) is 3.69. The molecule has 0 saturated heterocycles. The van der Waals surface area contributed by atoms with E-state index in [1.165, 1.54) is 6.07 Å². The molecule has 0 saturated carbocycles. The second-order valence-corrected chi connectivity index (χ2v) is 5.83. The van der Waals surface area contributed by atoms with Crippen molar-refractivity contribution in [1.82, 2.24) is 4.98 Å². The Labute approximate surface area is 101 Å². The summed E-state index contributed by atoms with van der Waals surface area (Å²) in [5.41, 5.74) is 1.72. The molecule has 0 radical (unpaired) electrons. The van der Waals surface area contributed by atoms with Crippen LogP contribution >= 0.6 is 0 Å². The number of aryl methyl sites for hydroxylation is 2. The van der Waals surface area contributed by atoms with Crippen LogP contribution in [-0.2, 0) is 9.84 Å². The highest BCUT2D eigenvalue weighted by atomic mass is 32.2. The summed E-state index contributed by atoms with van der Waals surface area (Å²) in [4.78, 5) is 4.33. The zero-order valence-electron chi connectivity index (χ0n) is 9.71. The molecule has 0 aliphatic heterocycles. The van der Waals surface area contributed by atoms with Crippen LogP contribution in [0.1, 0.15) is 11.3 Å². The fraction of sp³-hybridized carbons (Fsp3) is 0.154. The van der Waals surface area contributed by atoms with Gasteiger partial charge in [-0.15, -0.1) is 0 Å². The van der Waals surface area contributed by atoms with Crippen LogP contribution in [0.15, 0.2) is 52.4 Å². The number of hydrogen-bond donors (Lipinski definition) is 0. The smallest absolute Gasteiger partial charge is 0.223 e. The van der Waals surface area contributed by atoms with Crippen LogP contribution in [0.5, 0.6) is 0 Å². The first-order valence-electron chi connectivity index (χ1n) is 5.25. The van der Waals surface area contributed by atoms with E-state index in [1.54, 1.807) is 43.3 Å². The van der Waals surface area contributed by atoms with Crippen molar-refractivity contribution in [3.05, 3.63) is 53.7 Å². The topological polar surface area (TPSA) is 47.0 Å². The molecule has 1 heterocycles. The van der Waals surface area contributed by atoms with E-state index in [-0.39, 0.29) is 9.92 Å². The lowest BCUT2D eigenvalue weighted by Gasteiger charge is -2.04. The lowest BCUT2D eigenvalue weighted by Crippen LogP contribution is -2.04. The van der Waals surface area contributed by atoms with E-state index in [1.807, 2.05) is 6.92 Å². The molecule has 0 aliphatic carbocycles. The molecule has 3 nitrogen and oxygen atoms in total. The fourth-order valence-corrected chi connectivity index (χ4v) is 2.76. The van der Waals surface area contributed by atoms with Gasteiger partial charge in [-0.1, -0.05) is 23.8 Å². The van der Waals surface area contributed by atoms with Crippen molar-refractivity contribution < 1.29 is 8.42 Å². The summed E-state index contributed by atoms with van der Waals surface area (Å²) >= 11 is 0. The molecule has 0 aliphatic rings. The average Bonchev–Trinajstić information content (AvgIpc) is 2.29. The minimum Gasteiger partial charge on any atom is -0.241 e. The summed E-state index contributed by atoms with van der Waals surface area (Å²) in [6.07, 6.45) is 0. The Bertz CT molecular complexity index is 631. The number of pyridine rings is 1. The predicted octanol–water partition coefficient (Wildman–Crippen LogP) is 2.53. The van der Waals surface area contributed by atoms with Crippen molar-refractivity contribution in [3.8, 4) is 0 Å². The molecule has 17 heavy (non-hydrogen) atoms. The maximum atomic E-state index is 12.2. The largest absolute Gasteiger partial charge is 0.241 e.